The van der Waals surface area contributed by atoms with E-state index >= 15 is 0 Å². The Morgan fingerprint density at radius 2 is 1.63 bits per heavy atom. The van der Waals surface area contributed by atoms with Crippen LogP contribution in [0.3, 0.4) is 0 Å². The van der Waals surface area contributed by atoms with E-state index in [1.807, 2.05) is 24.3 Å². The van der Waals surface area contributed by atoms with E-state index in [1.54, 1.807) is 20.3 Å². The molecule has 0 bridgehead atoms. The van der Waals surface area contributed by atoms with Gasteiger partial charge in [0.2, 0.25) is 0 Å². The average Bonchev–Trinajstić information content (AvgIpc) is 2.99. The number of aliphatic hydroxyl groups is 1. The van der Waals surface area contributed by atoms with Crippen molar-refractivity contribution in [1.29, 1.82) is 0 Å². The van der Waals surface area contributed by atoms with Crippen LogP contribution in [0, 0.1) is 0 Å². The van der Waals surface area contributed by atoms with E-state index in [0.29, 0.717) is 58.2 Å². The average molecular weight is 575 g/mol. The second kappa shape index (κ2) is 18.9. The second-order valence-corrected chi connectivity index (χ2v) is 10.6. The number of anilines is 1. The Labute approximate surface area is 245 Å². The smallest absolute Gasteiger partial charge is 0.138 e. The molecule has 4 N–H and O–H groups in total. The Morgan fingerprint density at radius 3 is 2.37 bits per heavy atom. The summed E-state index contributed by atoms with van der Waals surface area (Å²) in [5.74, 6) is 1.02. The Balaban J connectivity index is 1.69. The largest absolute Gasteiger partial charge is 0.506 e. The molecule has 2 aromatic rings. The van der Waals surface area contributed by atoms with Crippen molar-refractivity contribution in [3.8, 4) is 11.5 Å². The van der Waals surface area contributed by atoms with Crippen LogP contribution in [0.5, 0.6) is 11.5 Å². The summed E-state index contributed by atoms with van der Waals surface area (Å²) in [6.07, 6.45) is 3.59. The van der Waals surface area contributed by atoms with Crippen LogP contribution in [0.25, 0.3) is 0 Å². The van der Waals surface area contributed by atoms with Gasteiger partial charge in [-0.3, -0.25) is 0 Å². The minimum absolute atomic E-state index is 0.0235. The highest BCUT2D eigenvalue weighted by Gasteiger charge is 2.36. The van der Waals surface area contributed by atoms with Crippen LogP contribution < -0.4 is 15.4 Å². The Kier molecular flexibility index (Phi) is 15.3. The molecule has 1 aliphatic heterocycles. The first-order valence-corrected chi connectivity index (χ1v) is 14.9. The number of phenolic OH excluding ortho intramolecular Hbond substituents is 1. The maximum atomic E-state index is 10.3. The number of unbranched alkanes of at least 4 members (excludes halogenated alkanes) is 1. The highest BCUT2D eigenvalue weighted by molar-refractivity contribution is 5.57. The first kappa shape index (κ1) is 33.1. The number of aliphatic hydroxyl groups excluding tert-OH is 1. The zero-order chi connectivity index (χ0) is 29.3. The number of benzene rings is 2. The first-order chi connectivity index (χ1) is 20.0. The lowest BCUT2D eigenvalue weighted by atomic mass is 9.85. The van der Waals surface area contributed by atoms with Crippen LogP contribution in [-0.2, 0) is 25.6 Å². The lowest BCUT2D eigenvalue weighted by Crippen LogP contribution is -2.51. The summed E-state index contributed by atoms with van der Waals surface area (Å²) >= 11 is 0. The van der Waals surface area contributed by atoms with Crippen LogP contribution in [0.2, 0.25) is 0 Å². The molecule has 0 saturated carbocycles. The van der Waals surface area contributed by atoms with Crippen LogP contribution in [-0.4, -0.2) is 88.8 Å². The molecule has 1 fully saturated rings. The molecule has 0 aromatic heterocycles. The number of ether oxygens (including phenoxy) is 5. The van der Waals surface area contributed by atoms with Crippen LogP contribution in [0.15, 0.2) is 42.5 Å². The van der Waals surface area contributed by atoms with Crippen LogP contribution in [0.4, 0.5) is 5.69 Å². The first-order valence-electron chi connectivity index (χ1n) is 14.9. The number of hydrogen-bond acceptors (Lipinski definition) is 9. The molecule has 9 heteroatoms. The molecular formula is C32H50N2O7. The summed E-state index contributed by atoms with van der Waals surface area (Å²) in [6, 6.07) is 13.7. The third kappa shape index (κ3) is 11.4. The quantitative estimate of drug-likeness (QED) is 0.135. The molecule has 41 heavy (non-hydrogen) atoms. The molecule has 1 unspecified atom stereocenters. The second-order valence-electron chi connectivity index (χ2n) is 10.6. The van der Waals surface area contributed by atoms with Gasteiger partial charge < -0.3 is 44.5 Å². The van der Waals surface area contributed by atoms with E-state index in [0.717, 1.165) is 49.2 Å². The summed E-state index contributed by atoms with van der Waals surface area (Å²) in [5.41, 5.74) is 2.77. The van der Waals surface area contributed by atoms with Crippen LogP contribution >= 0.6 is 0 Å². The molecule has 0 spiro atoms. The predicted molar refractivity (Wildman–Crippen MR) is 161 cm³/mol. The minimum Gasteiger partial charge on any atom is -0.506 e. The number of methoxy groups -OCH3 is 2. The van der Waals surface area contributed by atoms with Gasteiger partial charge in [-0.05, 0) is 61.1 Å². The highest BCUT2D eigenvalue weighted by atomic mass is 16.5. The third-order valence-corrected chi connectivity index (χ3v) is 7.26. The Morgan fingerprint density at radius 1 is 0.927 bits per heavy atom. The zero-order valence-corrected chi connectivity index (χ0v) is 25.0. The van der Waals surface area contributed by atoms with E-state index in [2.05, 4.69) is 29.7 Å². The van der Waals surface area contributed by atoms with Gasteiger partial charge in [0.15, 0.2) is 0 Å². The van der Waals surface area contributed by atoms with Gasteiger partial charge in [0.1, 0.15) is 11.5 Å². The maximum absolute atomic E-state index is 10.3. The van der Waals surface area contributed by atoms with Crippen molar-refractivity contribution in [3.63, 3.8) is 0 Å². The third-order valence-electron chi connectivity index (χ3n) is 7.26. The minimum atomic E-state index is -0.484. The molecule has 1 saturated heterocycles. The lowest BCUT2D eigenvalue weighted by Gasteiger charge is -2.39. The summed E-state index contributed by atoms with van der Waals surface area (Å²) in [4.78, 5) is 0. The molecule has 1 heterocycles. The van der Waals surface area contributed by atoms with Gasteiger partial charge in [0.25, 0.3) is 0 Å². The number of piperidine rings is 1. The molecule has 0 radical (unpaired) electrons. The molecular weight excluding hydrogens is 524 g/mol. The van der Waals surface area contributed by atoms with E-state index in [1.165, 1.54) is 0 Å². The van der Waals surface area contributed by atoms with Crippen molar-refractivity contribution in [2.45, 2.75) is 69.9 Å². The van der Waals surface area contributed by atoms with Gasteiger partial charge >= 0.3 is 0 Å². The van der Waals surface area contributed by atoms with Crippen molar-refractivity contribution >= 4 is 5.69 Å². The molecule has 4 atom stereocenters. The summed E-state index contributed by atoms with van der Waals surface area (Å²) in [5, 5.41) is 27.4. The molecule has 230 valence electrons. The standard InChI is InChI=1S/C32H50N2O7/c1-4-8-26(35)23-41-31-21-33-20-30(32(31)25-10-12-27(13-11-25)39-18-6-5-16-37-2)40-22-24-9-14-29(36)28(19-24)34-15-7-17-38-3/h9-14,19,26,30-36H,4-8,15-18,20-23H2,1-3H3/t26?,30-,31+,32+/m0/s1. The van der Waals surface area contributed by atoms with Crippen LogP contribution in [0.1, 0.15) is 56.1 Å². The fraction of sp³-hybridized carbons (Fsp3) is 0.625. The molecule has 9 nitrogen and oxygen atoms in total. The normalized spacial score (nSPS) is 19.7. The summed E-state index contributed by atoms with van der Waals surface area (Å²) in [6.45, 7) is 6.86. The van der Waals surface area contributed by atoms with E-state index in [9.17, 15) is 10.2 Å². The fourth-order valence-corrected chi connectivity index (χ4v) is 5.05. The van der Waals surface area contributed by atoms with Crippen molar-refractivity contribution in [3.05, 3.63) is 53.6 Å². The number of nitrogens with one attached hydrogen (secondary N) is 2. The van der Waals surface area contributed by atoms with E-state index < -0.39 is 6.10 Å². The number of aromatic hydroxyl groups is 1. The van der Waals surface area contributed by atoms with Crippen molar-refractivity contribution < 1.29 is 33.9 Å². The Bertz CT molecular complexity index is 975. The molecule has 2 aromatic carbocycles. The Hall–Kier alpha value is -2.40. The number of phenols is 1. The highest BCUT2D eigenvalue weighted by Crippen LogP contribution is 2.33. The number of hydrogen-bond donors (Lipinski definition) is 4. The predicted octanol–water partition coefficient (Wildman–Crippen LogP) is 4.46. The van der Waals surface area contributed by atoms with Crippen molar-refractivity contribution in [1.82, 2.24) is 5.32 Å². The van der Waals surface area contributed by atoms with Gasteiger partial charge in [-0.1, -0.05) is 31.5 Å². The van der Waals surface area contributed by atoms with Gasteiger partial charge in [0, 0.05) is 53.0 Å². The fourth-order valence-electron chi connectivity index (χ4n) is 5.05. The summed E-state index contributed by atoms with van der Waals surface area (Å²) < 4.78 is 28.9. The lowest BCUT2D eigenvalue weighted by molar-refractivity contribution is -0.0783. The number of rotatable bonds is 20. The van der Waals surface area contributed by atoms with Crippen molar-refractivity contribution in [2.75, 3.05) is 65.6 Å². The maximum Gasteiger partial charge on any atom is 0.138 e. The van der Waals surface area contributed by atoms with Gasteiger partial charge in [0.05, 0.1) is 43.8 Å². The topological polar surface area (TPSA) is 111 Å². The van der Waals surface area contributed by atoms with E-state index in [4.69, 9.17) is 23.7 Å². The van der Waals surface area contributed by atoms with E-state index in [-0.39, 0.29) is 23.9 Å². The molecule has 3 rings (SSSR count). The zero-order valence-electron chi connectivity index (χ0n) is 25.0. The van der Waals surface area contributed by atoms with Crippen molar-refractivity contribution in [2.24, 2.45) is 0 Å². The molecule has 0 amide bonds. The SMILES string of the molecule is CCCC(O)CO[C@@H]1CNC[C@H](OCc2ccc(O)c(NCCCOC)c2)[C@H]1c1ccc(OCCCCOC)cc1. The van der Waals surface area contributed by atoms with Gasteiger partial charge in [-0.15, -0.1) is 0 Å². The summed E-state index contributed by atoms with van der Waals surface area (Å²) in [7, 11) is 3.39. The monoisotopic (exact) mass is 574 g/mol. The molecule has 1 aliphatic rings. The van der Waals surface area contributed by atoms with Gasteiger partial charge in [-0.2, -0.15) is 0 Å². The molecule has 0 aliphatic carbocycles. The van der Waals surface area contributed by atoms with Gasteiger partial charge in [-0.25, -0.2) is 0 Å².